The van der Waals surface area contributed by atoms with Gasteiger partial charge in [0.2, 0.25) is 10.0 Å². The zero-order valence-corrected chi connectivity index (χ0v) is 17.2. The number of esters is 1. The van der Waals surface area contributed by atoms with Crippen molar-refractivity contribution < 1.29 is 27.5 Å². The lowest BCUT2D eigenvalue weighted by Crippen LogP contribution is -2.41. The Labute approximate surface area is 166 Å². The highest BCUT2D eigenvalue weighted by molar-refractivity contribution is 7.89. The Bertz CT molecular complexity index is 788. The zero-order chi connectivity index (χ0) is 20.6. The van der Waals surface area contributed by atoms with E-state index in [1.165, 1.54) is 17.5 Å². The number of ether oxygens (including phenoxy) is 2. The quantitative estimate of drug-likeness (QED) is 0.485. The average Bonchev–Trinajstić information content (AvgIpc) is 2.73. The molecule has 1 aromatic rings. The number of carbonyl (C=O) groups excluding carboxylic acids is 2. The number of hydrogen-bond acceptors (Lipinski definition) is 6. The Morgan fingerprint density at radius 1 is 1.21 bits per heavy atom. The minimum atomic E-state index is -3.68. The topological polar surface area (TPSA) is 102 Å². The fourth-order valence-electron chi connectivity index (χ4n) is 2.95. The molecular weight excluding hydrogens is 384 g/mol. The number of nitrogens with one attached hydrogen (secondary N) is 1. The van der Waals surface area contributed by atoms with E-state index in [4.69, 9.17) is 4.74 Å². The summed E-state index contributed by atoms with van der Waals surface area (Å²) in [5, 5.41) is 2.77. The van der Waals surface area contributed by atoms with Gasteiger partial charge in [-0.15, -0.1) is 0 Å². The molecule has 1 aliphatic rings. The summed E-state index contributed by atoms with van der Waals surface area (Å²) < 4.78 is 37.3. The molecule has 9 heteroatoms. The van der Waals surface area contributed by atoms with Gasteiger partial charge in [0.15, 0.2) is 0 Å². The van der Waals surface area contributed by atoms with Gasteiger partial charge >= 0.3 is 5.97 Å². The second-order valence-electron chi connectivity index (χ2n) is 6.48. The van der Waals surface area contributed by atoms with Crippen LogP contribution in [-0.4, -0.2) is 64.6 Å². The number of carbonyl (C=O) groups is 2. The van der Waals surface area contributed by atoms with Crippen molar-refractivity contribution in [2.24, 2.45) is 0 Å². The molecule has 0 spiro atoms. The molecule has 1 heterocycles. The van der Waals surface area contributed by atoms with Gasteiger partial charge in [0.05, 0.1) is 25.2 Å². The number of hydrogen-bond donors (Lipinski definition) is 1. The van der Waals surface area contributed by atoms with E-state index >= 15 is 0 Å². The lowest BCUT2D eigenvalue weighted by Gasteiger charge is -2.27. The lowest BCUT2D eigenvalue weighted by molar-refractivity contribution is -0.140. The Kier molecular flexibility index (Phi) is 8.40. The van der Waals surface area contributed by atoms with Crippen LogP contribution >= 0.6 is 0 Å². The average molecular weight is 413 g/mol. The molecule has 0 radical (unpaired) electrons. The van der Waals surface area contributed by atoms with Crippen molar-refractivity contribution in [3.05, 3.63) is 29.3 Å². The van der Waals surface area contributed by atoms with Crippen LogP contribution in [0.3, 0.4) is 0 Å². The van der Waals surface area contributed by atoms with E-state index in [2.05, 4.69) is 10.1 Å². The van der Waals surface area contributed by atoms with Crippen molar-refractivity contribution in [3.63, 3.8) is 0 Å². The third-order valence-corrected chi connectivity index (χ3v) is 6.60. The molecule has 0 aliphatic carbocycles. The maximum atomic E-state index is 13.0. The maximum absolute atomic E-state index is 13.0. The van der Waals surface area contributed by atoms with Gasteiger partial charge in [0.25, 0.3) is 5.91 Å². The second kappa shape index (κ2) is 10.5. The molecule has 1 saturated heterocycles. The Morgan fingerprint density at radius 3 is 2.57 bits per heavy atom. The highest BCUT2D eigenvalue weighted by atomic mass is 32.2. The van der Waals surface area contributed by atoms with Crippen LogP contribution in [0.25, 0.3) is 0 Å². The number of amides is 1. The van der Waals surface area contributed by atoms with E-state index in [1.54, 1.807) is 12.1 Å². The molecule has 1 amide bonds. The van der Waals surface area contributed by atoms with Gasteiger partial charge < -0.3 is 14.8 Å². The molecule has 2 rings (SSSR count). The molecule has 0 aromatic heterocycles. The fourth-order valence-corrected chi connectivity index (χ4v) is 4.68. The number of benzene rings is 1. The minimum Gasteiger partial charge on any atom is -0.469 e. The van der Waals surface area contributed by atoms with Gasteiger partial charge in [0, 0.05) is 31.6 Å². The van der Waals surface area contributed by atoms with Crippen LogP contribution in [0.1, 0.15) is 42.1 Å². The van der Waals surface area contributed by atoms with Crippen molar-refractivity contribution in [3.8, 4) is 0 Å². The first-order valence-corrected chi connectivity index (χ1v) is 10.9. The number of rotatable bonds is 9. The number of sulfonamides is 1. The molecule has 0 saturated carbocycles. The second-order valence-corrected chi connectivity index (χ2v) is 8.39. The minimum absolute atomic E-state index is 0.176. The monoisotopic (exact) mass is 412 g/mol. The van der Waals surface area contributed by atoms with Crippen molar-refractivity contribution >= 4 is 21.9 Å². The summed E-state index contributed by atoms with van der Waals surface area (Å²) in [7, 11) is -2.34. The van der Waals surface area contributed by atoms with Crippen molar-refractivity contribution in [1.29, 1.82) is 0 Å². The highest BCUT2D eigenvalue weighted by Gasteiger charge is 2.29. The number of unbranched alkanes of at least 4 members (excludes halogenated alkanes) is 1. The first kappa shape index (κ1) is 22.3. The molecule has 0 unspecified atom stereocenters. The molecule has 28 heavy (non-hydrogen) atoms. The number of aryl methyl sites for hydroxylation is 1. The van der Waals surface area contributed by atoms with E-state index in [0.29, 0.717) is 69.7 Å². The molecule has 8 nitrogen and oxygen atoms in total. The molecule has 1 fully saturated rings. The summed E-state index contributed by atoms with van der Waals surface area (Å²) >= 11 is 0. The van der Waals surface area contributed by atoms with E-state index in [0.717, 1.165) is 0 Å². The summed E-state index contributed by atoms with van der Waals surface area (Å²) in [6, 6.07) is 4.79. The molecule has 0 bridgehead atoms. The fraction of sp³-hybridized carbons (Fsp3) is 0.579. The van der Waals surface area contributed by atoms with Crippen molar-refractivity contribution in [2.75, 3.05) is 40.0 Å². The van der Waals surface area contributed by atoms with Crippen LogP contribution in [0, 0.1) is 0 Å². The van der Waals surface area contributed by atoms with Gasteiger partial charge in [-0.1, -0.05) is 13.0 Å². The van der Waals surface area contributed by atoms with Crippen molar-refractivity contribution in [2.45, 2.75) is 37.5 Å². The first-order chi connectivity index (χ1) is 13.4. The molecule has 0 atom stereocenters. The standard InChI is InChI=1S/C19H28N2O6S/c1-3-15-7-8-16(19(23)20-9-5-4-6-18(22)26-2)14-17(15)28(24,25)21-10-12-27-13-11-21/h7-8,14H,3-6,9-13H2,1-2H3,(H,20,23). The number of nitrogens with zero attached hydrogens (tertiary/aromatic N) is 1. The summed E-state index contributed by atoms with van der Waals surface area (Å²) in [5.41, 5.74) is 0.984. The van der Waals surface area contributed by atoms with Crippen LogP contribution in [-0.2, 0) is 30.7 Å². The van der Waals surface area contributed by atoms with E-state index < -0.39 is 10.0 Å². The van der Waals surface area contributed by atoms with Crippen LogP contribution in [0.2, 0.25) is 0 Å². The molecule has 1 aromatic carbocycles. The Hall–Kier alpha value is -1.97. The van der Waals surface area contributed by atoms with Gasteiger partial charge in [-0.3, -0.25) is 9.59 Å². The lowest BCUT2D eigenvalue weighted by atomic mass is 10.1. The predicted octanol–water partition coefficient (Wildman–Crippen LogP) is 1.34. The largest absolute Gasteiger partial charge is 0.469 e. The first-order valence-electron chi connectivity index (χ1n) is 9.46. The summed E-state index contributed by atoms with van der Waals surface area (Å²) in [4.78, 5) is 23.7. The molecule has 1 aliphatic heterocycles. The van der Waals surface area contributed by atoms with Crippen molar-refractivity contribution in [1.82, 2.24) is 9.62 Å². The van der Waals surface area contributed by atoms with Crippen LogP contribution in [0.5, 0.6) is 0 Å². The molecular formula is C19H28N2O6S. The van der Waals surface area contributed by atoms with Gasteiger partial charge in [-0.2, -0.15) is 4.31 Å². The van der Waals surface area contributed by atoms with Gasteiger partial charge in [-0.05, 0) is 37.0 Å². The van der Waals surface area contributed by atoms with Crippen LogP contribution in [0.4, 0.5) is 0 Å². The Morgan fingerprint density at radius 2 is 1.93 bits per heavy atom. The molecule has 156 valence electrons. The summed E-state index contributed by atoms with van der Waals surface area (Å²) in [6.07, 6.45) is 2.10. The highest BCUT2D eigenvalue weighted by Crippen LogP contribution is 2.23. The Balaban J connectivity index is 2.07. The van der Waals surface area contributed by atoms with Gasteiger partial charge in [-0.25, -0.2) is 8.42 Å². The van der Waals surface area contributed by atoms with E-state index in [9.17, 15) is 18.0 Å². The molecule has 1 N–H and O–H groups in total. The predicted molar refractivity (Wildman–Crippen MR) is 104 cm³/mol. The van der Waals surface area contributed by atoms with Crippen LogP contribution in [0.15, 0.2) is 23.1 Å². The number of morpholine rings is 1. The smallest absolute Gasteiger partial charge is 0.305 e. The van der Waals surface area contributed by atoms with Gasteiger partial charge in [0.1, 0.15) is 0 Å². The van der Waals surface area contributed by atoms with Crippen LogP contribution < -0.4 is 5.32 Å². The third-order valence-electron chi connectivity index (χ3n) is 4.62. The SMILES string of the molecule is CCc1ccc(C(=O)NCCCCC(=O)OC)cc1S(=O)(=O)N1CCOCC1. The number of methoxy groups -OCH3 is 1. The third kappa shape index (κ3) is 5.76. The summed E-state index contributed by atoms with van der Waals surface area (Å²) in [6.45, 7) is 3.63. The summed E-state index contributed by atoms with van der Waals surface area (Å²) in [5.74, 6) is -0.612. The normalized spacial score (nSPS) is 15.2. The van der Waals surface area contributed by atoms with E-state index in [1.807, 2.05) is 6.92 Å². The zero-order valence-electron chi connectivity index (χ0n) is 16.4. The maximum Gasteiger partial charge on any atom is 0.305 e. The van der Waals surface area contributed by atoms with E-state index in [-0.39, 0.29) is 16.8 Å².